The van der Waals surface area contributed by atoms with Gasteiger partial charge in [-0.15, -0.1) is 0 Å². The van der Waals surface area contributed by atoms with Gasteiger partial charge in [0.05, 0.1) is 4.47 Å². The van der Waals surface area contributed by atoms with Gasteiger partial charge in [-0.1, -0.05) is 31.2 Å². The number of carbonyl (C=O) groups is 2. The molecule has 26 heavy (non-hydrogen) atoms. The molecule has 2 amide bonds. The van der Waals surface area contributed by atoms with Crippen molar-refractivity contribution < 1.29 is 14.0 Å². The van der Waals surface area contributed by atoms with E-state index >= 15 is 0 Å². The number of benzene rings is 2. The van der Waals surface area contributed by atoms with E-state index in [1.54, 1.807) is 6.07 Å². The Morgan fingerprint density at radius 2 is 1.88 bits per heavy atom. The van der Waals surface area contributed by atoms with Crippen molar-refractivity contribution in [1.82, 2.24) is 5.32 Å². The average molecular weight is 415 g/mol. The van der Waals surface area contributed by atoms with Crippen molar-refractivity contribution in [2.75, 3.05) is 5.32 Å². The monoisotopic (exact) mass is 414 g/mol. The van der Waals surface area contributed by atoms with Crippen LogP contribution in [0.2, 0.25) is 0 Å². The minimum absolute atomic E-state index is 0.00426. The van der Waals surface area contributed by atoms with Crippen LogP contribution in [-0.2, 0) is 11.3 Å². The first-order valence-corrected chi connectivity index (χ1v) is 9.21. The molecule has 0 aliphatic heterocycles. The van der Waals surface area contributed by atoms with Gasteiger partial charge in [-0.25, -0.2) is 0 Å². The van der Waals surface area contributed by atoms with Gasteiger partial charge in [-0.3, -0.25) is 9.59 Å². The standard InChI is InChI=1S/C20H19BrN2O3/c1-2-4-18(24)23-15-9-7-13(8-10-15)12-22-20(25)17-11-14-5-3-6-16(21)19(14)26-17/h3,5-11H,2,4,12H2,1H3,(H,22,25)(H,23,24). The third-order valence-electron chi connectivity index (χ3n) is 3.89. The van der Waals surface area contributed by atoms with E-state index in [0.717, 1.165) is 27.5 Å². The molecule has 3 aromatic rings. The number of hydrogen-bond acceptors (Lipinski definition) is 3. The van der Waals surface area contributed by atoms with Crippen molar-refractivity contribution >= 4 is 44.4 Å². The second kappa shape index (κ2) is 8.19. The van der Waals surface area contributed by atoms with Gasteiger partial charge in [0, 0.05) is 24.0 Å². The first-order chi connectivity index (χ1) is 12.6. The van der Waals surface area contributed by atoms with Crippen LogP contribution in [-0.4, -0.2) is 11.8 Å². The van der Waals surface area contributed by atoms with Gasteiger partial charge in [-0.2, -0.15) is 0 Å². The van der Waals surface area contributed by atoms with Crippen LogP contribution in [0.25, 0.3) is 11.0 Å². The van der Waals surface area contributed by atoms with Gasteiger partial charge in [-0.05, 0) is 52.2 Å². The third-order valence-corrected chi connectivity index (χ3v) is 4.51. The summed E-state index contributed by atoms with van der Waals surface area (Å²) in [6.07, 6.45) is 1.32. The van der Waals surface area contributed by atoms with E-state index in [1.807, 2.05) is 49.4 Å². The van der Waals surface area contributed by atoms with Gasteiger partial charge < -0.3 is 15.1 Å². The SMILES string of the molecule is CCCC(=O)Nc1ccc(CNC(=O)c2cc3cccc(Br)c3o2)cc1. The van der Waals surface area contributed by atoms with Crippen LogP contribution in [0, 0.1) is 0 Å². The molecule has 0 atom stereocenters. The molecule has 0 fully saturated rings. The molecule has 0 aliphatic rings. The number of para-hydroxylation sites is 1. The highest BCUT2D eigenvalue weighted by atomic mass is 79.9. The third kappa shape index (κ3) is 4.32. The number of fused-ring (bicyclic) bond motifs is 1. The van der Waals surface area contributed by atoms with Gasteiger partial charge in [0.15, 0.2) is 5.76 Å². The predicted octanol–water partition coefficient (Wildman–Crippen LogP) is 4.86. The molecule has 0 aliphatic carbocycles. The number of rotatable bonds is 6. The van der Waals surface area contributed by atoms with E-state index in [-0.39, 0.29) is 17.6 Å². The number of furan rings is 1. The summed E-state index contributed by atoms with van der Waals surface area (Å²) in [6, 6.07) is 14.8. The lowest BCUT2D eigenvalue weighted by Gasteiger charge is -2.07. The Morgan fingerprint density at radius 3 is 2.58 bits per heavy atom. The second-order valence-electron chi connectivity index (χ2n) is 5.95. The van der Waals surface area contributed by atoms with E-state index in [9.17, 15) is 9.59 Å². The summed E-state index contributed by atoms with van der Waals surface area (Å²) in [4.78, 5) is 23.9. The lowest BCUT2D eigenvalue weighted by molar-refractivity contribution is -0.116. The van der Waals surface area contributed by atoms with Crippen LogP contribution in [0.3, 0.4) is 0 Å². The normalized spacial score (nSPS) is 10.7. The van der Waals surface area contributed by atoms with Crippen LogP contribution >= 0.6 is 15.9 Å². The highest BCUT2D eigenvalue weighted by Gasteiger charge is 2.13. The average Bonchev–Trinajstić information content (AvgIpc) is 3.07. The molecule has 134 valence electrons. The van der Waals surface area contributed by atoms with Crippen LogP contribution < -0.4 is 10.6 Å². The Hall–Kier alpha value is -2.60. The molecular weight excluding hydrogens is 396 g/mol. The molecule has 2 N–H and O–H groups in total. The Balaban J connectivity index is 1.60. The summed E-state index contributed by atoms with van der Waals surface area (Å²) in [5.41, 5.74) is 2.34. The van der Waals surface area contributed by atoms with E-state index in [2.05, 4.69) is 26.6 Å². The molecule has 0 spiro atoms. The van der Waals surface area contributed by atoms with Crippen molar-refractivity contribution in [1.29, 1.82) is 0 Å². The molecule has 3 rings (SSSR count). The fourth-order valence-corrected chi connectivity index (χ4v) is 3.03. The van der Waals surface area contributed by atoms with Gasteiger partial charge in [0.25, 0.3) is 5.91 Å². The molecule has 0 radical (unpaired) electrons. The number of anilines is 1. The lowest BCUT2D eigenvalue weighted by atomic mass is 10.2. The van der Waals surface area contributed by atoms with E-state index in [1.165, 1.54) is 0 Å². The maximum Gasteiger partial charge on any atom is 0.287 e. The van der Waals surface area contributed by atoms with Crippen molar-refractivity contribution in [2.24, 2.45) is 0 Å². The maximum atomic E-state index is 12.3. The summed E-state index contributed by atoms with van der Waals surface area (Å²) in [6.45, 7) is 2.34. The molecule has 1 aromatic heterocycles. The van der Waals surface area contributed by atoms with Crippen molar-refractivity contribution in [2.45, 2.75) is 26.3 Å². The lowest BCUT2D eigenvalue weighted by Crippen LogP contribution is -2.22. The van der Waals surface area contributed by atoms with Crippen molar-refractivity contribution in [3.05, 3.63) is 64.3 Å². The summed E-state index contributed by atoms with van der Waals surface area (Å²) < 4.78 is 6.44. The van der Waals surface area contributed by atoms with E-state index < -0.39 is 0 Å². The Morgan fingerprint density at radius 1 is 1.12 bits per heavy atom. The predicted molar refractivity (Wildman–Crippen MR) is 105 cm³/mol. The van der Waals surface area contributed by atoms with E-state index in [0.29, 0.717) is 18.5 Å². The molecule has 0 saturated carbocycles. The van der Waals surface area contributed by atoms with Crippen LogP contribution in [0.5, 0.6) is 0 Å². The quantitative estimate of drug-likeness (QED) is 0.604. The molecule has 2 aromatic carbocycles. The first-order valence-electron chi connectivity index (χ1n) is 8.42. The molecule has 0 saturated heterocycles. The number of halogens is 1. The summed E-state index contributed by atoms with van der Waals surface area (Å²) in [5.74, 6) is 0.00775. The molecular formula is C20H19BrN2O3. The fraction of sp³-hybridized carbons (Fsp3) is 0.200. The highest BCUT2D eigenvalue weighted by Crippen LogP contribution is 2.26. The number of amides is 2. The Kier molecular flexibility index (Phi) is 5.73. The molecule has 0 bridgehead atoms. The van der Waals surface area contributed by atoms with Gasteiger partial charge in [0.1, 0.15) is 5.58 Å². The van der Waals surface area contributed by atoms with Crippen LogP contribution in [0.4, 0.5) is 5.69 Å². The van der Waals surface area contributed by atoms with Crippen molar-refractivity contribution in [3.8, 4) is 0 Å². The summed E-state index contributed by atoms with van der Waals surface area (Å²) in [7, 11) is 0. The molecule has 6 heteroatoms. The minimum atomic E-state index is -0.270. The molecule has 0 unspecified atom stereocenters. The maximum absolute atomic E-state index is 12.3. The zero-order valence-corrected chi connectivity index (χ0v) is 15.9. The van der Waals surface area contributed by atoms with Crippen LogP contribution in [0.15, 0.2) is 57.4 Å². The zero-order chi connectivity index (χ0) is 18.5. The van der Waals surface area contributed by atoms with Gasteiger partial charge in [0.2, 0.25) is 5.91 Å². The van der Waals surface area contributed by atoms with Crippen LogP contribution in [0.1, 0.15) is 35.9 Å². The largest absolute Gasteiger partial charge is 0.450 e. The number of nitrogens with one attached hydrogen (secondary N) is 2. The highest BCUT2D eigenvalue weighted by molar-refractivity contribution is 9.10. The number of carbonyl (C=O) groups excluding carboxylic acids is 2. The summed E-state index contributed by atoms with van der Waals surface area (Å²) in [5, 5.41) is 6.55. The topological polar surface area (TPSA) is 71.3 Å². The van der Waals surface area contributed by atoms with Crippen molar-refractivity contribution in [3.63, 3.8) is 0 Å². The fourth-order valence-electron chi connectivity index (χ4n) is 2.57. The summed E-state index contributed by atoms with van der Waals surface area (Å²) >= 11 is 3.41. The number of hydrogen-bond donors (Lipinski definition) is 2. The first kappa shape index (κ1) is 18.2. The smallest absolute Gasteiger partial charge is 0.287 e. The Bertz CT molecular complexity index is 932. The molecule has 1 heterocycles. The minimum Gasteiger partial charge on any atom is -0.450 e. The molecule has 5 nitrogen and oxygen atoms in total. The second-order valence-corrected chi connectivity index (χ2v) is 6.80. The Labute approximate surface area is 159 Å². The van der Waals surface area contributed by atoms with E-state index in [4.69, 9.17) is 4.42 Å². The van der Waals surface area contributed by atoms with Gasteiger partial charge >= 0.3 is 0 Å². The zero-order valence-electron chi connectivity index (χ0n) is 14.3.